The van der Waals surface area contributed by atoms with Gasteiger partial charge in [0.2, 0.25) is 0 Å². The minimum Gasteiger partial charge on any atom is -0.494 e. The first-order valence-corrected chi connectivity index (χ1v) is 6.72. The number of rotatable bonds is 3. The highest BCUT2D eigenvalue weighted by Gasteiger charge is 2.18. The molecule has 0 fully saturated rings. The summed E-state index contributed by atoms with van der Waals surface area (Å²) < 4.78 is 16.4. The van der Waals surface area contributed by atoms with Gasteiger partial charge in [0.15, 0.2) is 17.3 Å². The molecule has 1 aromatic heterocycles. The smallest absolute Gasteiger partial charge is 0.197 e. The van der Waals surface area contributed by atoms with Crippen molar-refractivity contribution < 1.29 is 19.0 Å². The van der Waals surface area contributed by atoms with Crippen molar-refractivity contribution in [1.82, 2.24) is 4.98 Å². The lowest BCUT2D eigenvalue weighted by Gasteiger charge is -2.10. The molecule has 0 spiro atoms. The SMILES string of the molecule is COc1cnccc1C(=O)c1ccc2c(c1)OCCCO2. The van der Waals surface area contributed by atoms with Crippen molar-refractivity contribution in [3.8, 4) is 17.2 Å². The average molecular weight is 285 g/mol. The fourth-order valence-corrected chi connectivity index (χ4v) is 2.19. The Labute approximate surface area is 122 Å². The molecule has 5 nitrogen and oxygen atoms in total. The Morgan fingerprint density at radius 2 is 2.00 bits per heavy atom. The molecule has 5 heteroatoms. The summed E-state index contributed by atoms with van der Waals surface area (Å²) in [7, 11) is 1.52. The third-order valence-electron chi connectivity index (χ3n) is 3.26. The number of ether oxygens (including phenoxy) is 3. The summed E-state index contributed by atoms with van der Waals surface area (Å²) in [4.78, 5) is 16.5. The predicted molar refractivity (Wildman–Crippen MR) is 76.3 cm³/mol. The van der Waals surface area contributed by atoms with Crippen molar-refractivity contribution in [2.45, 2.75) is 6.42 Å². The van der Waals surface area contributed by atoms with E-state index in [9.17, 15) is 4.79 Å². The summed E-state index contributed by atoms with van der Waals surface area (Å²) in [5.74, 6) is 1.59. The standard InChI is InChI=1S/C16H15NO4/c1-19-15-10-17-6-5-12(15)16(18)11-3-4-13-14(9-11)21-8-2-7-20-13/h3-6,9-10H,2,7-8H2,1H3. The van der Waals surface area contributed by atoms with Crippen LogP contribution in [0.1, 0.15) is 22.3 Å². The van der Waals surface area contributed by atoms with Crippen molar-refractivity contribution in [2.24, 2.45) is 0 Å². The van der Waals surface area contributed by atoms with Crippen molar-refractivity contribution >= 4 is 5.78 Å². The van der Waals surface area contributed by atoms with Gasteiger partial charge in [0, 0.05) is 18.2 Å². The quantitative estimate of drug-likeness (QED) is 0.811. The summed E-state index contributed by atoms with van der Waals surface area (Å²) in [5.41, 5.74) is 1.01. The van der Waals surface area contributed by atoms with Crippen molar-refractivity contribution in [3.63, 3.8) is 0 Å². The predicted octanol–water partition coefficient (Wildman–Crippen LogP) is 2.48. The zero-order valence-electron chi connectivity index (χ0n) is 11.7. The molecule has 0 saturated carbocycles. The highest BCUT2D eigenvalue weighted by molar-refractivity contribution is 6.10. The van der Waals surface area contributed by atoms with Crippen LogP contribution in [0.4, 0.5) is 0 Å². The van der Waals surface area contributed by atoms with Gasteiger partial charge in [-0.15, -0.1) is 0 Å². The molecular weight excluding hydrogens is 270 g/mol. The largest absolute Gasteiger partial charge is 0.494 e. The third kappa shape index (κ3) is 2.67. The lowest BCUT2D eigenvalue weighted by molar-refractivity contribution is 0.103. The van der Waals surface area contributed by atoms with Crippen LogP contribution < -0.4 is 14.2 Å². The topological polar surface area (TPSA) is 57.7 Å². The van der Waals surface area contributed by atoms with E-state index in [2.05, 4.69) is 4.98 Å². The van der Waals surface area contributed by atoms with E-state index in [1.54, 1.807) is 30.5 Å². The van der Waals surface area contributed by atoms with Gasteiger partial charge in [-0.2, -0.15) is 0 Å². The average Bonchev–Trinajstić information content (AvgIpc) is 2.78. The summed E-state index contributed by atoms with van der Waals surface area (Å²) in [6.45, 7) is 1.21. The number of pyridine rings is 1. The molecule has 0 bridgehead atoms. The van der Waals surface area contributed by atoms with Gasteiger partial charge in [-0.3, -0.25) is 9.78 Å². The van der Waals surface area contributed by atoms with Crippen LogP contribution in [0.25, 0.3) is 0 Å². The molecule has 2 heterocycles. The lowest BCUT2D eigenvalue weighted by Crippen LogP contribution is -2.05. The number of hydrogen-bond donors (Lipinski definition) is 0. The summed E-state index contributed by atoms with van der Waals surface area (Å²) >= 11 is 0. The highest BCUT2D eigenvalue weighted by Crippen LogP contribution is 2.31. The molecule has 1 aliphatic heterocycles. The number of nitrogens with zero attached hydrogens (tertiary/aromatic N) is 1. The number of carbonyl (C=O) groups is 1. The van der Waals surface area contributed by atoms with Crippen LogP contribution in [0.3, 0.4) is 0 Å². The molecule has 21 heavy (non-hydrogen) atoms. The molecule has 0 saturated heterocycles. The Morgan fingerprint density at radius 1 is 1.19 bits per heavy atom. The summed E-state index contributed by atoms with van der Waals surface area (Å²) in [6.07, 6.45) is 3.92. The Hall–Kier alpha value is -2.56. The molecule has 0 radical (unpaired) electrons. The van der Waals surface area contributed by atoms with Gasteiger partial charge in [-0.25, -0.2) is 0 Å². The molecule has 1 aliphatic rings. The molecule has 1 aromatic carbocycles. The first-order chi connectivity index (χ1) is 10.3. The summed E-state index contributed by atoms with van der Waals surface area (Å²) in [5, 5.41) is 0. The molecule has 2 aromatic rings. The number of methoxy groups -OCH3 is 1. The van der Waals surface area contributed by atoms with Gasteiger partial charge in [-0.1, -0.05) is 0 Å². The Bertz CT molecular complexity index is 669. The zero-order valence-corrected chi connectivity index (χ0v) is 11.7. The van der Waals surface area contributed by atoms with E-state index in [1.807, 2.05) is 0 Å². The van der Waals surface area contributed by atoms with E-state index < -0.39 is 0 Å². The summed E-state index contributed by atoms with van der Waals surface area (Å²) in [6, 6.07) is 6.85. The number of ketones is 1. The van der Waals surface area contributed by atoms with Crippen molar-refractivity contribution in [1.29, 1.82) is 0 Å². The van der Waals surface area contributed by atoms with Crippen LogP contribution in [0.15, 0.2) is 36.7 Å². The van der Waals surface area contributed by atoms with E-state index >= 15 is 0 Å². The van der Waals surface area contributed by atoms with E-state index in [-0.39, 0.29) is 5.78 Å². The second kappa shape index (κ2) is 5.83. The van der Waals surface area contributed by atoms with Crippen molar-refractivity contribution in [3.05, 3.63) is 47.8 Å². The maximum atomic E-state index is 12.6. The molecular formula is C16H15NO4. The number of hydrogen-bond acceptors (Lipinski definition) is 5. The number of fused-ring (bicyclic) bond motifs is 1. The Morgan fingerprint density at radius 3 is 2.81 bits per heavy atom. The monoisotopic (exact) mass is 285 g/mol. The van der Waals surface area contributed by atoms with Gasteiger partial charge in [0.25, 0.3) is 0 Å². The van der Waals surface area contributed by atoms with E-state index in [4.69, 9.17) is 14.2 Å². The van der Waals surface area contributed by atoms with E-state index in [0.717, 1.165) is 6.42 Å². The van der Waals surface area contributed by atoms with Crippen LogP contribution in [-0.4, -0.2) is 31.1 Å². The maximum Gasteiger partial charge on any atom is 0.197 e. The van der Waals surface area contributed by atoms with Gasteiger partial charge in [-0.05, 0) is 24.3 Å². The van der Waals surface area contributed by atoms with Gasteiger partial charge in [0.05, 0.1) is 32.1 Å². The van der Waals surface area contributed by atoms with Crippen LogP contribution >= 0.6 is 0 Å². The first-order valence-electron chi connectivity index (χ1n) is 6.72. The Balaban J connectivity index is 1.97. The van der Waals surface area contributed by atoms with Crippen LogP contribution in [0.5, 0.6) is 17.2 Å². The molecule has 0 unspecified atom stereocenters. The van der Waals surface area contributed by atoms with Crippen molar-refractivity contribution in [2.75, 3.05) is 20.3 Å². The second-order valence-electron chi connectivity index (χ2n) is 4.62. The molecule has 0 amide bonds. The second-order valence-corrected chi connectivity index (χ2v) is 4.62. The van der Waals surface area contributed by atoms with E-state index in [1.165, 1.54) is 13.3 Å². The molecule has 0 N–H and O–H groups in total. The highest BCUT2D eigenvalue weighted by atomic mass is 16.5. The van der Waals surface area contributed by atoms with Gasteiger partial charge >= 0.3 is 0 Å². The minimum absolute atomic E-state index is 0.134. The fourth-order valence-electron chi connectivity index (χ4n) is 2.19. The molecule has 0 aliphatic carbocycles. The zero-order chi connectivity index (χ0) is 14.7. The van der Waals surface area contributed by atoms with E-state index in [0.29, 0.717) is 41.6 Å². The lowest BCUT2D eigenvalue weighted by atomic mass is 10.0. The van der Waals surface area contributed by atoms with Crippen LogP contribution in [0, 0.1) is 0 Å². The molecule has 0 atom stereocenters. The van der Waals surface area contributed by atoms with Gasteiger partial charge < -0.3 is 14.2 Å². The molecule has 108 valence electrons. The normalized spacial score (nSPS) is 13.4. The molecule has 3 rings (SSSR count). The number of aromatic nitrogens is 1. The number of carbonyl (C=O) groups excluding carboxylic acids is 1. The third-order valence-corrected chi connectivity index (χ3v) is 3.26. The Kier molecular flexibility index (Phi) is 3.73. The van der Waals surface area contributed by atoms with Crippen LogP contribution in [0.2, 0.25) is 0 Å². The first kappa shape index (κ1) is 13.4. The number of benzene rings is 1. The fraction of sp³-hybridized carbons (Fsp3) is 0.250. The van der Waals surface area contributed by atoms with Gasteiger partial charge in [0.1, 0.15) is 5.75 Å². The maximum absolute atomic E-state index is 12.6. The van der Waals surface area contributed by atoms with Crippen LogP contribution in [-0.2, 0) is 0 Å². The minimum atomic E-state index is -0.134.